The number of benzene rings is 2. The minimum atomic E-state index is -0.639. The molecule has 3 rings (SSSR count). The molecular formula is C31H42FN5O2. The zero-order valence-electron chi connectivity index (χ0n) is 23.9. The lowest BCUT2D eigenvalue weighted by Crippen LogP contribution is -2.39. The van der Waals surface area contributed by atoms with Gasteiger partial charge in [-0.2, -0.15) is 0 Å². The maximum Gasteiger partial charge on any atom is 0.249 e. The summed E-state index contributed by atoms with van der Waals surface area (Å²) in [5, 5.41) is 3.28. The smallest absolute Gasteiger partial charge is 0.249 e. The first-order valence-electron chi connectivity index (χ1n) is 13.1. The van der Waals surface area contributed by atoms with E-state index >= 15 is 0 Å². The van der Waals surface area contributed by atoms with Gasteiger partial charge < -0.3 is 20.5 Å². The van der Waals surface area contributed by atoms with Crippen molar-refractivity contribution >= 4 is 17.5 Å². The summed E-state index contributed by atoms with van der Waals surface area (Å²) in [7, 11) is 3.40. The molecule has 0 fully saturated rings. The number of nitrogens with zero attached hydrogens (tertiary/aromatic N) is 3. The summed E-state index contributed by atoms with van der Waals surface area (Å²) in [6, 6.07) is 15.8. The van der Waals surface area contributed by atoms with Crippen LogP contribution in [0.25, 0.3) is 0 Å². The summed E-state index contributed by atoms with van der Waals surface area (Å²) in [5.74, 6) is 0.472. The van der Waals surface area contributed by atoms with E-state index < -0.39 is 11.6 Å². The van der Waals surface area contributed by atoms with Gasteiger partial charge in [-0.25, -0.2) is 9.37 Å². The van der Waals surface area contributed by atoms with Crippen molar-refractivity contribution in [3.63, 3.8) is 0 Å². The van der Waals surface area contributed by atoms with Crippen molar-refractivity contribution in [3.05, 3.63) is 96.3 Å². The monoisotopic (exact) mass is 535 g/mol. The number of ketones is 1. The zero-order valence-corrected chi connectivity index (χ0v) is 23.9. The van der Waals surface area contributed by atoms with Gasteiger partial charge >= 0.3 is 0 Å². The average Bonchev–Trinajstić information content (AvgIpc) is 3.33. The maximum absolute atomic E-state index is 13.4. The number of hydrogen-bond donors (Lipinski definition) is 2. The minimum absolute atomic E-state index is 0.0208. The van der Waals surface area contributed by atoms with Crippen molar-refractivity contribution < 1.29 is 14.0 Å². The summed E-state index contributed by atoms with van der Waals surface area (Å²) in [6.07, 6.45) is 6.53. The summed E-state index contributed by atoms with van der Waals surface area (Å²) < 4.78 is 15.1. The third-order valence-electron chi connectivity index (χ3n) is 6.50. The number of likely N-dealkylation sites (N-methyl/N-ethyl adjacent to an activating group) is 1. The molecule has 2 atom stereocenters. The second-order valence-electron chi connectivity index (χ2n) is 10.6. The molecule has 2 unspecified atom stereocenters. The first-order chi connectivity index (χ1) is 18.3. The number of allylic oxidation sites excluding steroid dienone is 1. The molecular weight excluding hydrogens is 493 g/mol. The molecule has 0 aliphatic carbocycles. The van der Waals surface area contributed by atoms with E-state index in [9.17, 15) is 14.0 Å². The van der Waals surface area contributed by atoms with Gasteiger partial charge in [0.25, 0.3) is 0 Å². The van der Waals surface area contributed by atoms with Crippen LogP contribution in [0.15, 0.2) is 79.4 Å². The normalized spacial score (nSPS) is 12.5. The lowest BCUT2D eigenvalue weighted by Gasteiger charge is -2.22. The molecule has 1 aromatic heterocycles. The summed E-state index contributed by atoms with van der Waals surface area (Å²) in [4.78, 5) is 29.1. The van der Waals surface area contributed by atoms with E-state index in [1.807, 2.05) is 6.07 Å². The van der Waals surface area contributed by atoms with Gasteiger partial charge in [0.1, 0.15) is 23.5 Å². The standard InChI is InChI=1S/C26H31FN4O.C5H11NO/c1-19(9-8-12-21-10-6-5-7-11-21)20(2)29-24-17-31(18-28-24)25(26(32)30(3)4)22-13-15-23(27)16-14-22;1-4(7)5(2,3)6/h5-7,10-11,13-19,25,29H,2,8-9,12H2,1,3-4H3;6H2,1-3H3. The average molecular weight is 536 g/mol. The predicted molar refractivity (Wildman–Crippen MR) is 156 cm³/mol. The Morgan fingerprint density at radius 2 is 1.72 bits per heavy atom. The van der Waals surface area contributed by atoms with E-state index in [1.54, 1.807) is 57.2 Å². The molecule has 1 heterocycles. The second-order valence-corrected chi connectivity index (χ2v) is 10.6. The number of nitrogens with two attached hydrogens (primary N) is 1. The van der Waals surface area contributed by atoms with Gasteiger partial charge in [0.15, 0.2) is 0 Å². The van der Waals surface area contributed by atoms with Gasteiger partial charge in [-0.1, -0.05) is 56.0 Å². The van der Waals surface area contributed by atoms with Gasteiger partial charge in [-0.15, -0.1) is 0 Å². The molecule has 3 N–H and O–H groups in total. The second kappa shape index (κ2) is 14.4. The number of amides is 1. The van der Waals surface area contributed by atoms with Crippen LogP contribution in [0.4, 0.5) is 10.2 Å². The van der Waals surface area contributed by atoms with Gasteiger partial charge in [-0.05, 0) is 69.2 Å². The summed E-state index contributed by atoms with van der Waals surface area (Å²) >= 11 is 0. The van der Waals surface area contributed by atoms with Crippen molar-refractivity contribution in [2.75, 3.05) is 19.4 Å². The highest BCUT2D eigenvalue weighted by Crippen LogP contribution is 2.24. The van der Waals surface area contributed by atoms with Crippen molar-refractivity contribution in [2.45, 2.75) is 58.5 Å². The van der Waals surface area contributed by atoms with Gasteiger partial charge in [-0.3, -0.25) is 9.59 Å². The number of rotatable bonds is 11. The first-order valence-corrected chi connectivity index (χ1v) is 13.1. The Labute approximate surface area is 231 Å². The fourth-order valence-electron chi connectivity index (χ4n) is 3.59. The molecule has 0 spiro atoms. The number of aromatic nitrogens is 2. The minimum Gasteiger partial charge on any atom is -0.347 e. The van der Waals surface area contributed by atoms with Crippen LogP contribution >= 0.6 is 0 Å². The topological polar surface area (TPSA) is 93.2 Å². The number of carbonyl (C=O) groups is 2. The van der Waals surface area contributed by atoms with Crippen LogP contribution in [0.2, 0.25) is 0 Å². The highest BCUT2D eigenvalue weighted by atomic mass is 19.1. The van der Waals surface area contributed by atoms with E-state index in [0.29, 0.717) is 11.4 Å². The number of nitrogens with one attached hydrogen (secondary N) is 1. The van der Waals surface area contributed by atoms with Crippen LogP contribution in [0.5, 0.6) is 0 Å². The van der Waals surface area contributed by atoms with E-state index in [2.05, 4.69) is 48.1 Å². The Kier molecular flexibility index (Phi) is 11.6. The molecule has 0 saturated heterocycles. The molecule has 210 valence electrons. The Hall–Kier alpha value is -3.78. The number of halogens is 1. The number of hydrogen-bond acceptors (Lipinski definition) is 5. The van der Waals surface area contributed by atoms with Gasteiger partial charge in [0.2, 0.25) is 5.91 Å². The van der Waals surface area contributed by atoms with Gasteiger partial charge in [0, 0.05) is 26.0 Å². The lowest BCUT2D eigenvalue weighted by atomic mass is 9.99. The van der Waals surface area contributed by atoms with Crippen molar-refractivity contribution in [3.8, 4) is 0 Å². The highest BCUT2D eigenvalue weighted by Gasteiger charge is 2.25. The van der Waals surface area contributed by atoms with Crippen LogP contribution in [0.3, 0.4) is 0 Å². The quantitative estimate of drug-likeness (QED) is 0.334. The Morgan fingerprint density at radius 1 is 1.13 bits per heavy atom. The van der Waals surface area contributed by atoms with Crippen molar-refractivity contribution in [2.24, 2.45) is 11.7 Å². The summed E-state index contributed by atoms with van der Waals surface area (Å²) in [6.45, 7) is 11.2. The van der Waals surface area contributed by atoms with Crippen LogP contribution in [0.1, 0.15) is 57.7 Å². The molecule has 8 heteroatoms. The number of imidazole rings is 1. The zero-order chi connectivity index (χ0) is 29.2. The SMILES string of the molecule is C=C(Nc1cn(C(C(=O)N(C)C)c2ccc(F)cc2)cn1)C(C)CCCc1ccccc1.CC(=O)C(C)(C)N. The Morgan fingerprint density at radius 3 is 2.26 bits per heavy atom. The third-order valence-corrected chi connectivity index (χ3v) is 6.50. The molecule has 1 amide bonds. The molecule has 7 nitrogen and oxygen atoms in total. The van der Waals surface area contributed by atoms with E-state index in [0.717, 1.165) is 25.0 Å². The third kappa shape index (κ3) is 10.1. The first kappa shape index (κ1) is 31.4. The number of carbonyl (C=O) groups excluding carboxylic acids is 2. The molecule has 2 aromatic carbocycles. The predicted octanol–water partition coefficient (Wildman–Crippen LogP) is 5.60. The number of Topliss-reactive ketones (excluding diaryl/α,β-unsaturated/α-hetero) is 1. The Balaban J connectivity index is 0.000000673. The highest BCUT2D eigenvalue weighted by molar-refractivity contribution is 5.84. The number of aryl methyl sites for hydroxylation is 1. The molecule has 3 aromatic rings. The Bertz CT molecular complexity index is 1210. The van der Waals surface area contributed by atoms with E-state index in [-0.39, 0.29) is 23.4 Å². The van der Waals surface area contributed by atoms with Gasteiger partial charge in [0.05, 0.1) is 11.9 Å². The largest absolute Gasteiger partial charge is 0.347 e. The molecule has 0 radical (unpaired) electrons. The fraction of sp³-hybridized carbons (Fsp3) is 0.387. The van der Waals surface area contributed by atoms with E-state index in [4.69, 9.17) is 5.73 Å². The van der Waals surface area contributed by atoms with E-state index in [1.165, 1.54) is 29.5 Å². The van der Waals surface area contributed by atoms with Crippen LogP contribution in [-0.2, 0) is 16.0 Å². The van der Waals surface area contributed by atoms with Crippen molar-refractivity contribution in [1.82, 2.24) is 14.5 Å². The molecule has 39 heavy (non-hydrogen) atoms. The number of anilines is 1. The fourth-order valence-corrected chi connectivity index (χ4v) is 3.59. The van der Waals surface area contributed by atoms with Crippen LogP contribution < -0.4 is 11.1 Å². The van der Waals surface area contributed by atoms with Crippen LogP contribution in [0, 0.1) is 11.7 Å². The molecule has 0 aliphatic rings. The lowest BCUT2D eigenvalue weighted by molar-refractivity contribution is -0.131. The summed E-state index contributed by atoms with van der Waals surface area (Å²) in [5.41, 5.74) is 7.62. The van der Waals surface area contributed by atoms with Crippen molar-refractivity contribution in [1.29, 1.82) is 0 Å². The molecule has 0 bridgehead atoms. The maximum atomic E-state index is 13.4. The van der Waals surface area contributed by atoms with Crippen LogP contribution in [-0.4, -0.2) is 45.8 Å². The molecule has 0 saturated carbocycles. The molecule has 0 aliphatic heterocycles.